The summed E-state index contributed by atoms with van der Waals surface area (Å²) in [5, 5.41) is 9.95. The second-order valence-electron chi connectivity index (χ2n) is 7.90. The van der Waals surface area contributed by atoms with Gasteiger partial charge in [0.2, 0.25) is 0 Å². The molecule has 2 aromatic rings. The summed E-state index contributed by atoms with van der Waals surface area (Å²) in [7, 11) is 0. The van der Waals surface area contributed by atoms with E-state index in [4.69, 9.17) is 4.42 Å². The van der Waals surface area contributed by atoms with E-state index >= 15 is 0 Å². The van der Waals surface area contributed by atoms with Crippen molar-refractivity contribution in [1.29, 1.82) is 0 Å². The predicted octanol–water partition coefficient (Wildman–Crippen LogP) is 4.09. The molecule has 0 aliphatic heterocycles. The topological polar surface area (TPSA) is 70.9 Å². The number of aromatic nitrogens is 2. The number of carbonyl (C=O) groups is 1. The highest BCUT2D eigenvalue weighted by Gasteiger charge is 2.50. The number of aromatic amines is 1. The van der Waals surface area contributed by atoms with Crippen molar-refractivity contribution in [3.05, 3.63) is 41.3 Å². The Hall–Kier alpha value is -2.30. The van der Waals surface area contributed by atoms with E-state index in [9.17, 15) is 4.79 Å². The van der Waals surface area contributed by atoms with Crippen LogP contribution in [-0.4, -0.2) is 22.6 Å². The van der Waals surface area contributed by atoms with E-state index in [1.54, 1.807) is 6.07 Å². The number of nitrogens with zero attached hydrogens (tertiary/aromatic N) is 1. The molecule has 2 atom stereocenters. The lowest BCUT2D eigenvalue weighted by Gasteiger charge is -2.56. The lowest BCUT2D eigenvalue weighted by molar-refractivity contribution is -0.00811. The van der Waals surface area contributed by atoms with Crippen LogP contribution in [0.3, 0.4) is 0 Å². The van der Waals surface area contributed by atoms with Gasteiger partial charge in [0.1, 0.15) is 11.5 Å². The summed E-state index contributed by atoms with van der Waals surface area (Å²) in [6, 6.07) is 5.49. The maximum atomic E-state index is 12.3. The Kier molecular flexibility index (Phi) is 3.82. The number of allylic oxidation sites excluding steroid dienone is 1. The molecule has 0 spiro atoms. The first-order valence-corrected chi connectivity index (χ1v) is 9.04. The van der Waals surface area contributed by atoms with Crippen LogP contribution >= 0.6 is 0 Å². The highest BCUT2D eigenvalue weighted by Crippen LogP contribution is 2.59. The van der Waals surface area contributed by atoms with Crippen molar-refractivity contribution < 1.29 is 9.21 Å². The maximum Gasteiger partial charge on any atom is 0.271 e. The molecule has 2 N–H and O–H groups in total. The molecule has 5 rings (SSSR count). The summed E-state index contributed by atoms with van der Waals surface area (Å²) in [6.07, 6.45) is 5.83. The van der Waals surface area contributed by atoms with Crippen LogP contribution in [0.25, 0.3) is 11.5 Å². The van der Waals surface area contributed by atoms with E-state index in [1.165, 1.54) is 18.4 Å². The van der Waals surface area contributed by atoms with Crippen molar-refractivity contribution in [2.45, 2.75) is 40.0 Å². The highest BCUT2D eigenvalue weighted by atomic mass is 16.3. The molecule has 2 aromatic heterocycles. The van der Waals surface area contributed by atoms with Crippen molar-refractivity contribution in [3.63, 3.8) is 0 Å². The zero-order valence-corrected chi connectivity index (χ0v) is 15.1. The van der Waals surface area contributed by atoms with Gasteiger partial charge in [-0.2, -0.15) is 5.10 Å². The quantitative estimate of drug-likeness (QED) is 0.806. The van der Waals surface area contributed by atoms with Crippen LogP contribution < -0.4 is 5.32 Å². The summed E-state index contributed by atoms with van der Waals surface area (Å²) in [5.41, 5.74) is 3.06. The highest BCUT2D eigenvalue weighted by molar-refractivity contribution is 5.93. The van der Waals surface area contributed by atoms with Crippen LogP contribution in [-0.2, 0) is 0 Å². The molecule has 2 bridgehead atoms. The van der Waals surface area contributed by atoms with E-state index in [-0.39, 0.29) is 5.91 Å². The van der Waals surface area contributed by atoms with Crippen LogP contribution in [0.15, 0.2) is 34.3 Å². The molecule has 0 unspecified atom stereocenters. The summed E-state index contributed by atoms with van der Waals surface area (Å²) in [4.78, 5) is 12.3. The molecule has 132 valence electrons. The van der Waals surface area contributed by atoms with E-state index < -0.39 is 0 Å². The molecule has 3 aliphatic carbocycles. The number of carbonyl (C=O) groups excluding carboxylic acids is 1. The number of nitrogens with one attached hydrogen (secondary N) is 2. The molecule has 1 amide bonds. The summed E-state index contributed by atoms with van der Waals surface area (Å²) < 4.78 is 5.55. The molecule has 0 aromatic carbocycles. The molecule has 5 nitrogen and oxygen atoms in total. The van der Waals surface area contributed by atoms with Gasteiger partial charge in [0.05, 0.1) is 0 Å². The maximum absolute atomic E-state index is 12.3. The van der Waals surface area contributed by atoms with Gasteiger partial charge in [-0.05, 0) is 55.6 Å². The van der Waals surface area contributed by atoms with E-state index in [1.807, 2.05) is 19.1 Å². The second kappa shape index (κ2) is 5.90. The van der Waals surface area contributed by atoms with Gasteiger partial charge < -0.3 is 9.73 Å². The monoisotopic (exact) mass is 339 g/mol. The van der Waals surface area contributed by atoms with Crippen molar-refractivity contribution in [3.8, 4) is 11.5 Å². The molecule has 0 saturated heterocycles. The zero-order valence-electron chi connectivity index (χ0n) is 15.1. The van der Waals surface area contributed by atoms with Gasteiger partial charge in [0.15, 0.2) is 11.5 Å². The van der Waals surface area contributed by atoms with E-state index in [0.717, 1.165) is 23.8 Å². The average Bonchev–Trinajstić information content (AvgIpc) is 3.23. The van der Waals surface area contributed by atoms with Crippen LogP contribution in [0.4, 0.5) is 0 Å². The number of hydrogen-bond acceptors (Lipinski definition) is 3. The average molecular weight is 339 g/mol. The Morgan fingerprint density at radius 2 is 2.28 bits per heavy atom. The smallest absolute Gasteiger partial charge is 0.271 e. The van der Waals surface area contributed by atoms with Gasteiger partial charge >= 0.3 is 0 Å². The Labute approximate surface area is 147 Å². The first-order valence-electron chi connectivity index (χ1n) is 9.04. The fraction of sp³-hybridized carbons (Fsp3) is 0.500. The zero-order chi connectivity index (χ0) is 17.6. The first kappa shape index (κ1) is 16.2. The van der Waals surface area contributed by atoms with E-state index in [2.05, 4.69) is 35.4 Å². The molecule has 0 radical (unpaired) electrons. The Balaban J connectivity index is 1.33. The summed E-state index contributed by atoms with van der Waals surface area (Å²) >= 11 is 0. The van der Waals surface area contributed by atoms with Gasteiger partial charge in [-0.1, -0.05) is 25.5 Å². The van der Waals surface area contributed by atoms with Gasteiger partial charge in [0.25, 0.3) is 5.91 Å². The fourth-order valence-corrected chi connectivity index (χ4v) is 4.31. The standard InChI is InChI=1S/C20H25N3O2/c1-12-4-7-18(25-12)16-11-17(23-22-16)19(24)21-9-8-13-5-6-14-10-15(13)20(14,2)3/h4-5,7,11,14-15H,6,8-10H2,1-3H3,(H,21,24)(H,22,23)/t14-,15-/m0/s1. The first-order chi connectivity index (χ1) is 11.9. The number of furan rings is 1. The van der Waals surface area contributed by atoms with Gasteiger partial charge in [0, 0.05) is 12.6 Å². The third-order valence-corrected chi connectivity index (χ3v) is 6.10. The largest absolute Gasteiger partial charge is 0.460 e. The van der Waals surface area contributed by atoms with Crippen LogP contribution in [0, 0.1) is 24.2 Å². The van der Waals surface area contributed by atoms with Crippen molar-refractivity contribution in [2.75, 3.05) is 6.54 Å². The number of H-pyrrole nitrogens is 1. The SMILES string of the molecule is Cc1ccc(-c2cc(C(=O)NCCC3=CC[C@H]4C[C@@H]3C4(C)C)n[nH]2)o1. The van der Waals surface area contributed by atoms with E-state index in [0.29, 0.717) is 29.3 Å². The molecular weight excluding hydrogens is 314 g/mol. The summed E-state index contributed by atoms with van der Waals surface area (Å²) in [6.45, 7) is 7.29. The Morgan fingerprint density at radius 3 is 2.96 bits per heavy atom. The molecule has 25 heavy (non-hydrogen) atoms. The third kappa shape index (κ3) is 2.81. The molecule has 5 heteroatoms. The molecule has 1 fully saturated rings. The fourth-order valence-electron chi connectivity index (χ4n) is 4.31. The number of rotatable bonds is 5. The minimum Gasteiger partial charge on any atom is -0.460 e. The normalized spacial score (nSPS) is 23.7. The van der Waals surface area contributed by atoms with Crippen LogP contribution in [0.5, 0.6) is 0 Å². The van der Waals surface area contributed by atoms with Gasteiger partial charge in [-0.3, -0.25) is 9.89 Å². The third-order valence-electron chi connectivity index (χ3n) is 6.10. The minimum atomic E-state index is -0.145. The lowest BCUT2D eigenvalue weighted by atomic mass is 9.48. The van der Waals surface area contributed by atoms with Crippen molar-refractivity contribution in [2.24, 2.45) is 17.3 Å². The van der Waals surface area contributed by atoms with Crippen LogP contribution in [0.1, 0.15) is 49.4 Å². The Bertz CT molecular complexity index is 828. The predicted molar refractivity (Wildman–Crippen MR) is 96.1 cm³/mol. The molecule has 2 heterocycles. The number of aryl methyl sites for hydroxylation is 1. The van der Waals surface area contributed by atoms with Crippen LogP contribution in [0.2, 0.25) is 0 Å². The Morgan fingerprint density at radius 1 is 1.44 bits per heavy atom. The lowest BCUT2D eigenvalue weighted by Crippen LogP contribution is -2.48. The second-order valence-corrected chi connectivity index (χ2v) is 7.90. The summed E-state index contributed by atoms with van der Waals surface area (Å²) in [5.74, 6) is 2.93. The minimum absolute atomic E-state index is 0.145. The number of amides is 1. The van der Waals surface area contributed by atoms with Gasteiger partial charge in [-0.25, -0.2) is 0 Å². The molecule has 3 aliphatic rings. The van der Waals surface area contributed by atoms with Crippen molar-refractivity contribution >= 4 is 5.91 Å². The molecular formula is C20H25N3O2. The number of fused-ring (bicyclic) bond motifs is 1. The number of hydrogen-bond donors (Lipinski definition) is 2. The van der Waals surface area contributed by atoms with Crippen molar-refractivity contribution in [1.82, 2.24) is 15.5 Å². The molecule has 1 saturated carbocycles. The van der Waals surface area contributed by atoms with Gasteiger partial charge in [-0.15, -0.1) is 0 Å².